The molecule has 0 amide bonds. The number of rotatable bonds is 4. The molecule has 80 valence electrons. The molecular formula is C12H14ClNO. The molecule has 2 nitrogen and oxygen atoms in total. The van der Waals surface area contributed by atoms with E-state index >= 15 is 0 Å². The van der Waals surface area contributed by atoms with Crippen LogP contribution in [0, 0.1) is 12.3 Å². The molecule has 0 saturated carbocycles. The lowest BCUT2D eigenvalue weighted by atomic mass is 10.0. The van der Waals surface area contributed by atoms with Crippen molar-refractivity contribution < 1.29 is 4.74 Å². The van der Waals surface area contributed by atoms with Gasteiger partial charge in [0.25, 0.3) is 0 Å². The molecule has 0 bridgehead atoms. The van der Waals surface area contributed by atoms with Crippen LogP contribution in [0.4, 0.5) is 0 Å². The Morgan fingerprint density at radius 1 is 1.60 bits per heavy atom. The summed E-state index contributed by atoms with van der Waals surface area (Å²) in [5.41, 5.74) is 1.03. The lowest BCUT2D eigenvalue weighted by Gasteiger charge is -2.17. The van der Waals surface area contributed by atoms with Gasteiger partial charge in [-0.05, 0) is 19.2 Å². The average molecular weight is 224 g/mol. The lowest BCUT2D eigenvalue weighted by Crippen LogP contribution is -2.16. The fourth-order valence-corrected chi connectivity index (χ4v) is 1.62. The predicted octanol–water partition coefficient (Wildman–Crippen LogP) is 2.63. The maximum absolute atomic E-state index is 5.88. The maximum Gasteiger partial charge on any atom is 0.125 e. The molecule has 0 aromatic heterocycles. The number of methoxy groups -OCH3 is 1. The third-order valence-corrected chi connectivity index (χ3v) is 2.48. The van der Waals surface area contributed by atoms with Gasteiger partial charge in [0.1, 0.15) is 5.75 Å². The second-order valence-corrected chi connectivity index (χ2v) is 3.57. The van der Waals surface area contributed by atoms with Crippen molar-refractivity contribution in [3.05, 3.63) is 28.8 Å². The number of hydrogen-bond acceptors (Lipinski definition) is 2. The van der Waals surface area contributed by atoms with Crippen LogP contribution >= 0.6 is 11.6 Å². The third-order valence-electron chi connectivity index (χ3n) is 2.24. The Hall–Kier alpha value is -1.17. The van der Waals surface area contributed by atoms with Gasteiger partial charge in [-0.3, -0.25) is 0 Å². The van der Waals surface area contributed by atoms with E-state index in [4.69, 9.17) is 22.8 Å². The molecule has 0 saturated heterocycles. The topological polar surface area (TPSA) is 21.3 Å². The summed E-state index contributed by atoms with van der Waals surface area (Å²) in [7, 11) is 3.49. The summed E-state index contributed by atoms with van der Waals surface area (Å²) in [6.45, 7) is 0. The zero-order valence-electron chi connectivity index (χ0n) is 8.88. The first-order valence-corrected chi connectivity index (χ1v) is 5.05. The maximum atomic E-state index is 5.88. The van der Waals surface area contributed by atoms with E-state index in [1.807, 2.05) is 19.2 Å². The van der Waals surface area contributed by atoms with E-state index in [-0.39, 0.29) is 6.04 Å². The average Bonchev–Trinajstić information content (AvgIpc) is 2.26. The summed E-state index contributed by atoms with van der Waals surface area (Å²) < 4.78 is 5.26. The zero-order valence-corrected chi connectivity index (χ0v) is 9.64. The van der Waals surface area contributed by atoms with Crippen molar-refractivity contribution in [3.8, 4) is 18.1 Å². The van der Waals surface area contributed by atoms with Crippen molar-refractivity contribution in [1.29, 1.82) is 0 Å². The Labute approximate surface area is 95.6 Å². The van der Waals surface area contributed by atoms with Gasteiger partial charge in [-0.1, -0.05) is 17.7 Å². The highest BCUT2D eigenvalue weighted by Gasteiger charge is 2.13. The standard InChI is InChI=1S/C12H14ClNO/c1-4-5-11(14-2)10-7-6-9(13)8-12(10)15-3/h1,6-8,11,14H,5H2,2-3H3. The third kappa shape index (κ3) is 2.89. The summed E-state index contributed by atoms with van der Waals surface area (Å²) >= 11 is 5.88. The molecule has 15 heavy (non-hydrogen) atoms. The molecule has 3 heteroatoms. The van der Waals surface area contributed by atoms with E-state index < -0.39 is 0 Å². The van der Waals surface area contributed by atoms with Gasteiger partial charge >= 0.3 is 0 Å². The molecule has 0 heterocycles. The van der Waals surface area contributed by atoms with Crippen LogP contribution in [0.2, 0.25) is 5.02 Å². The van der Waals surface area contributed by atoms with E-state index in [9.17, 15) is 0 Å². The summed E-state index contributed by atoms with van der Waals surface area (Å²) in [6, 6.07) is 5.65. The quantitative estimate of drug-likeness (QED) is 0.793. The molecule has 0 aliphatic rings. The first-order valence-electron chi connectivity index (χ1n) is 4.67. The van der Waals surface area contributed by atoms with Crippen LogP contribution in [-0.4, -0.2) is 14.2 Å². The van der Waals surface area contributed by atoms with Crippen molar-refractivity contribution in [3.63, 3.8) is 0 Å². The summed E-state index contributed by atoms with van der Waals surface area (Å²) in [5, 5.41) is 3.81. The van der Waals surface area contributed by atoms with Gasteiger partial charge in [-0.25, -0.2) is 0 Å². The highest BCUT2D eigenvalue weighted by atomic mass is 35.5. The van der Waals surface area contributed by atoms with Crippen LogP contribution in [0.15, 0.2) is 18.2 Å². The minimum absolute atomic E-state index is 0.0993. The normalized spacial score (nSPS) is 11.9. The van der Waals surface area contributed by atoms with Gasteiger partial charge in [0.15, 0.2) is 0 Å². The summed E-state index contributed by atoms with van der Waals surface area (Å²) in [5.74, 6) is 3.39. The molecule has 0 aliphatic heterocycles. The first-order chi connectivity index (χ1) is 7.22. The Bertz CT molecular complexity index is 370. The second kappa shape index (κ2) is 5.65. The van der Waals surface area contributed by atoms with Crippen molar-refractivity contribution in [2.24, 2.45) is 0 Å². The Morgan fingerprint density at radius 2 is 2.33 bits per heavy atom. The van der Waals surface area contributed by atoms with Gasteiger partial charge in [0.05, 0.1) is 7.11 Å². The smallest absolute Gasteiger partial charge is 0.125 e. The Balaban J connectivity index is 3.06. The zero-order chi connectivity index (χ0) is 11.3. The highest BCUT2D eigenvalue weighted by Crippen LogP contribution is 2.29. The van der Waals surface area contributed by atoms with E-state index in [1.54, 1.807) is 13.2 Å². The number of halogens is 1. The molecule has 1 N–H and O–H groups in total. The van der Waals surface area contributed by atoms with Gasteiger partial charge in [-0.15, -0.1) is 12.3 Å². The molecule has 0 aliphatic carbocycles. The molecule has 1 unspecified atom stereocenters. The van der Waals surface area contributed by atoms with Gasteiger partial charge < -0.3 is 10.1 Å². The van der Waals surface area contributed by atoms with Crippen molar-refractivity contribution in [2.75, 3.05) is 14.2 Å². The van der Waals surface area contributed by atoms with Crippen LogP contribution in [0.25, 0.3) is 0 Å². The SMILES string of the molecule is C#CCC(NC)c1ccc(Cl)cc1OC. The van der Waals surface area contributed by atoms with Gasteiger partial charge in [-0.2, -0.15) is 0 Å². The van der Waals surface area contributed by atoms with Crippen molar-refractivity contribution in [2.45, 2.75) is 12.5 Å². The fourth-order valence-electron chi connectivity index (χ4n) is 1.46. The molecule has 0 fully saturated rings. The molecule has 1 aromatic rings. The largest absolute Gasteiger partial charge is 0.496 e. The second-order valence-electron chi connectivity index (χ2n) is 3.14. The van der Waals surface area contributed by atoms with Crippen LogP contribution in [0.5, 0.6) is 5.75 Å². The minimum atomic E-state index is 0.0993. The van der Waals surface area contributed by atoms with Crippen LogP contribution in [0.1, 0.15) is 18.0 Å². The first kappa shape index (κ1) is 11.9. The Kier molecular flexibility index (Phi) is 4.48. The Morgan fingerprint density at radius 3 is 2.87 bits per heavy atom. The molecule has 0 radical (unpaired) electrons. The number of benzene rings is 1. The lowest BCUT2D eigenvalue weighted by molar-refractivity contribution is 0.402. The summed E-state index contributed by atoms with van der Waals surface area (Å²) in [6.07, 6.45) is 5.93. The summed E-state index contributed by atoms with van der Waals surface area (Å²) in [4.78, 5) is 0. The van der Waals surface area contributed by atoms with Crippen molar-refractivity contribution >= 4 is 11.6 Å². The number of hydrogen-bond donors (Lipinski definition) is 1. The number of ether oxygens (including phenoxy) is 1. The minimum Gasteiger partial charge on any atom is -0.496 e. The molecule has 1 aromatic carbocycles. The highest BCUT2D eigenvalue weighted by molar-refractivity contribution is 6.30. The van der Waals surface area contributed by atoms with Gasteiger partial charge in [0, 0.05) is 23.0 Å². The van der Waals surface area contributed by atoms with Gasteiger partial charge in [0.2, 0.25) is 0 Å². The van der Waals surface area contributed by atoms with Crippen LogP contribution < -0.4 is 10.1 Å². The number of nitrogens with one attached hydrogen (secondary N) is 1. The fraction of sp³-hybridized carbons (Fsp3) is 0.333. The molecule has 1 atom stereocenters. The predicted molar refractivity (Wildman–Crippen MR) is 63.3 cm³/mol. The van der Waals surface area contributed by atoms with E-state index in [1.165, 1.54) is 0 Å². The van der Waals surface area contributed by atoms with Crippen LogP contribution in [0.3, 0.4) is 0 Å². The van der Waals surface area contributed by atoms with Crippen LogP contribution in [-0.2, 0) is 0 Å². The molecule has 1 rings (SSSR count). The van der Waals surface area contributed by atoms with E-state index in [0.717, 1.165) is 11.3 Å². The van der Waals surface area contributed by atoms with Crippen molar-refractivity contribution in [1.82, 2.24) is 5.32 Å². The van der Waals surface area contributed by atoms with E-state index in [0.29, 0.717) is 11.4 Å². The van der Waals surface area contributed by atoms with E-state index in [2.05, 4.69) is 11.2 Å². The monoisotopic (exact) mass is 223 g/mol. The molecular weight excluding hydrogens is 210 g/mol. The molecule has 0 spiro atoms. The number of terminal acetylenes is 1.